The van der Waals surface area contributed by atoms with Crippen molar-refractivity contribution in [2.45, 2.75) is 12.8 Å². The summed E-state index contributed by atoms with van der Waals surface area (Å²) in [5.41, 5.74) is 13.3. The number of hydrogen-bond donors (Lipinski definition) is 3. The molecule has 0 aliphatic carbocycles. The summed E-state index contributed by atoms with van der Waals surface area (Å²) < 4.78 is 20.0. The van der Waals surface area contributed by atoms with Gasteiger partial charge in [0.2, 0.25) is 0 Å². The van der Waals surface area contributed by atoms with E-state index in [2.05, 4.69) is 15.5 Å². The van der Waals surface area contributed by atoms with Crippen LogP contribution < -0.4 is 16.8 Å². The quantitative estimate of drug-likeness (QED) is 0.458. The molecule has 7 heteroatoms. The van der Waals surface area contributed by atoms with Crippen LogP contribution in [0.5, 0.6) is 0 Å². The maximum Gasteiger partial charge on any atom is 0.194 e. The van der Waals surface area contributed by atoms with E-state index in [0.717, 1.165) is 11.1 Å². The lowest BCUT2D eigenvalue weighted by atomic mass is 9.95. The van der Waals surface area contributed by atoms with Crippen LogP contribution in [0.3, 0.4) is 0 Å². The van der Waals surface area contributed by atoms with Crippen molar-refractivity contribution in [1.29, 1.82) is 0 Å². The van der Waals surface area contributed by atoms with Gasteiger partial charge in [-0.1, -0.05) is 54.5 Å². The second-order valence-electron chi connectivity index (χ2n) is 6.12. The SMILES string of the molecule is CC(c1ccc(-c2ccccc2)c(F)c1)c1cc(NC(N)=NCCN)no1. The number of rotatable bonds is 6. The molecule has 1 aromatic heterocycles. The fraction of sp³-hybridized carbons (Fsp3) is 0.200. The predicted octanol–water partition coefficient (Wildman–Crippen LogP) is 3.32. The van der Waals surface area contributed by atoms with Crippen molar-refractivity contribution in [3.63, 3.8) is 0 Å². The molecule has 1 atom stereocenters. The molecule has 0 spiro atoms. The standard InChI is InChI=1S/C20H22FN5O/c1-13(18-12-19(26-27-18)25-20(23)24-10-9-22)15-7-8-16(17(21)11-15)14-5-3-2-4-6-14/h2-8,11-13H,9-10,22H2,1H3,(H3,23,24,25,26). The minimum Gasteiger partial charge on any atom is -0.370 e. The molecule has 0 aliphatic rings. The van der Waals surface area contributed by atoms with Crippen molar-refractivity contribution in [2.24, 2.45) is 16.5 Å². The van der Waals surface area contributed by atoms with E-state index in [1.54, 1.807) is 12.1 Å². The van der Waals surface area contributed by atoms with Gasteiger partial charge in [-0.15, -0.1) is 0 Å². The van der Waals surface area contributed by atoms with Gasteiger partial charge in [-0.05, 0) is 17.2 Å². The van der Waals surface area contributed by atoms with Gasteiger partial charge in [0.25, 0.3) is 0 Å². The highest BCUT2D eigenvalue weighted by Crippen LogP contribution is 2.30. The first-order valence-electron chi connectivity index (χ1n) is 8.67. The smallest absolute Gasteiger partial charge is 0.194 e. The van der Waals surface area contributed by atoms with Crippen molar-refractivity contribution in [2.75, 3.05) is 18.4 Å². The van der Waals surface area contributed by atoms with Crippen LogP contribution in [0.25, 0.3) is 11.1 Å². The third-order valence-corrected chi connectivity index (χ3v) is 4.20. The number of halogens is 1. The molecule has 3 rings (SSSR count). The molecular weight excluding hydrogens is 345 g/mol. The molecule has 1 unspecified atom stereocenters. The first-order valence-corrected chi connectivity index (χ1v) is 8.67. The zero-order valence-electron chi connectivity index (χ0n) is 15.0. The van der Waals surface area contributed by atoms with Crippen LogP contribution >= 0.6 is 0 Å². The Morgan fingerprint density at radius 3 is 2.70 bits per heavy atom. The molecular formula is C20H22FN5O. The van der Waals surface area contributed by atoms with Crippen molar-refractivity contribution >= 4 is 11.8 Å². The lowest BCUT2D eigenvalue weighted by molar-refractivity contribution is 0.378. The normalized spacial score (nSPS) is 12.8. The minimum atomic E-state index is -0.276. The molecule has 27 heavy (non-hydrogen) atoms. The van der Waals surface area contributed by atoms with E-state index in [1.165, 1.54) is 6.07 Å². The van der Waals surface area contributed by atoms with Crippen LogP contribution in [0, 0.1) is 5.82 Å². The van der Waals surface area contributed by atoms with Crippen LogP contribution in [0.15, 0.2) is 64.1 Å². The summed E-state index contributed by atoms with van der Waals surface area (Å²) in [5.74, 6) is 0.801. The molecule has 140 valence electrons. The lowest BCUT2D eigenvalue weighted by Gasteiger charge is -2.10. The fourth-order valence-electron chi connectivity index (χ4n) is 2.72. The van der Waals surface area contributed by atoms with Gasteiger partial charge in [0.05, 0.1) is 6.54 Å². The molecule has 0 saturated carbocycles. The van der Waals surface area contributed by atoms with Crippen LogP contribution in [-0.2, 0) is 0 Å². The van der Waals surface area contributed by atoms with Gasteiger partial charge in [0.15, 0.2) is 11.8 Å². The van der Waals surface area contributed by atoms with Gasteiger partial charge in [-0.3, -0.25) is 4.99 Å². The van der Waals surface area contributed by atoms with Crippen LogP contribution in [0.1, 0.15) is 24.2 Å². The largest absolute Gasteiger partial charge is 0.370 e. The van der Waals surface area contributed by atoms with Gasteiger partial charge in [0, 0.05) is 24.1 Å². The monoisotopic (exact) mass is 367 g/mol. The highest BCUT2D eigenvalue weighted by molar-refractivity contribution is 5.91. The maximum absolute atomic E-state index is 14.6. The number of nitrogens with one attached hydrogen (secondary N) is 1. The summed E-state index contributed by atoms with van der Waals surface area (Å²) in [4.78, 5) is 4.03. The van der Waals surface area contributed by atoms with Crippen LogP contribution in [-0.4, -0.2) is 24.2 Å². The summed E-state index contributed by atoms with van der Waals surface area (Å²) >= 11 is 0. The number of aromatic nitrogens is 1. The summed E-state index contributed by atoms with van der Waals surface area (Å²) in [5, 5.41) is 6.77. The Labute approximate surface area is 157 Å². The van der Waals surface area contributed by atoms with E-state index in [9.17, 15) is 4.39 Å². The fourth-order valence-corrected chi connectivity index (χ4v) is 2.72. The zero-order chi connectivity index (χ0) is 19.2. The third-order valence-electron chi connectivity index (χ3n) is 4.20. The molecule has 0 bridgehead atoms. The number of nitrogens with zero attached hydrogens (tertiary/aromatic N) is 2. The highest BCUT2D eigenvalue weighted by atomic mass is 19.1. The van der Waals surface area contributed by atoms with Gasteiger partial charge >= 0.3 is 0 Å². The summed E-state index contributed by atoms with van der Waals surface area (Å²) in [6.45, 7) is 2.76. The van der Waals surface area contributed by atoms with E-state index in [4.69, 9.17) is 16.0 Å². The van der Waals surface area contributed by atoms with Crippen molar-refractivity contribution in [1.82, 2.24) is 5.16 Å². The Hall–Kier alpha value is -3.19. The molecule has 5 N–H and O–H groups in total. The first-order chi connectivity index (χ1) is 13.1. The first kappa shape index (κ1) is 18.6. The predicted molar refractivity (Wildman–Crippen MR) is 105 cm³/mol. The summed E-state index contributed by atoms with van der Waals surface area (Å²) in [7, 11) is 0. The molecule has 0 radical (unpaired) electrons. The number of nitrogens with two attached hydrogens (primary N) is 2. The van der Waals surface area contributed by atoms with Crippen molar-refractivity contribution in [3.8, 4) is 11.1 Å². The number of guanidine groups is 1. The Bertz CT molecular complexity index is 923. The average Bonchev–Trinajstić information content (AvgIpc) is 3.14. The molecule has 0 aliphatic heterocycles. The second kappa shape index (κ2) is 8.46. The molecule has 0 fully saturated rings. The summed E-state index contributed by atoms with van der Waals surface area (Å²) in [6.07, 6.45) is 0. The Morgan fingerprint density at radius 1 is 1.22 bits per heavy atom. The highest BCUT2D eigenvalue weighted by Gasteiger charge is 2.17. The Morgan fingerprint density at radius 2 is 2.00 bits per heavy atom. The number of anilines is 1. The topological polar surface area (TPSA) is 102 Å². The van der Waals surface area contributed by atoms with Crippen LogP contribution in [0.4, 0.5) is 10.2 Å². The van der Waals surface area contributed by atoms with E-state index in [0.29, 0.717) is 30.2 Å². The molecule has 0 saturated heterocycles. The Kier molecular flexibility index (Phi) is 5.83. The lowest BCUT2D eigenvalue weighted by Crippen LogP contribution is -2.24. The zero-order valence-corrected chi connectivity index (χ0v) is 15.0. The van der Waals surface area contributed by atoms with E-state index in [-0.39, 0.29) is 17.7 Å². The van der Waals surface area contributed by atoms with Gasteiger partial charge < -0.3 is 21.3 Å². The van der Waals surface area contributed by atoms with E-state index < -0.39 is 0 Å². The van der Waals surface area contributed by atoms with E-state index >= 15 is 0 Å². The minimum absolute atomic E-state index is 0.172. The molecule has 0 amide bonds. The molecule has 2 aromatic carbocycles. The Balaban J connectivity index is 1.76. The van der Waals surface area contributed by atoms with Gasteiger partial charge in [0.1, 0.15) is 11.6 Å². The number of benzene rings is 2. The van der Waals surface area contributed by atoms with E-state index in [1.807, 2.05) is 43.3 Å². The molecule has 6 nitrogen and oxygen atoms in total. The van der Waals surface area contributed by atoms with Crippen LogP contribution in [0.2, 0.25) is 0 Å². The van der Waals surface area contributed by atoms with Gasteiger partial charge in [-0.2, -0.15) is 0 Å². The maximum atomic E-state index is 14.6. The average molecular weight is 367 g/mol. The molecule has 3 aromatic rings. The van der Waals surface area contributed by atoms with Crippen molar-refractivity contribution < 1.29 is 8.91 Å². The van der Waals surface area contributed by atoms with Crippen molar-refractivity contribution in [3.05, 3.63) is 71.7 Å². The second-order valence-corrected chi connectivity index (χ2v) is 6.12. The number of hydrogen-bond acceptors (Lipinski definition) is 4. The van der Waals surface area contributed by atoms with Gasteiger partial charge in [-0.25, -0.2) is 4.39 Å². The molecule has 1 heterocycles. The summed E-state index contributed by atoms with van der Waals surface area (Å²) in [6, 6.07) is 16.4. The number of aliphatic imine (C=N–C) groups is 1. The third kappa shape index (κ3) is 4.51.